The van der Waals surface area contributed by atoms with Gasteiger partial charge in [0.2, 0.25) is 0 Å². The highest BCUT2D eigenvalue weighted by Crippen LogP contribution is 2.25. The van der Waals surface area contributed by atoms with Crippen molar-refractivity contribution in [3.05, 3.63) is 24.2 Å². The van der Waals surface area contributed by atoms with E-state index in [1.165, 1.54) is 0 Å². The van der Waals surface area contributed by atoms with Crippen molar-refractivity contribution in [2.45, 2.75) is 12.0 Å². The quantitative estimate of drug-likeness (QED) is 0.665. The Morgan fingerprint density at radius 3 is 2.92 bits per heavy atom. The highest BCUT2D eigenvalue weighted by molar-refractivity contribution is 5.12. The zero-order valence-corrected chi connectivity index (χ0v) is 7.23. The molecule has 0 aliphatic carbocycles. The first-order valence-corrected chi connectivity index (χ1v) is 4.25. The van der Waals surface area contributed by atoms with Crippen molar-refractivity contribution in [2.24, 2.45) is 5.73 Å². The molecule has 1 saturated heterocycles. The minimum absolute atomic E-state index is 0.223. The van der Waals surface area contributed by atoms with Crippen LogP contribution in [0.25, 0.3) is 0 Å². The van der Waals surface area contributed by atoms with E-state index < -0.39 is 0 Å². The van der Waals surface area contributed by atoms with Crippen LogP contribution < -0.4 is 5.73 Å². The fourth-order valence-corrected chi connectivity index (χ4v) is 1.84. The number of nitrogens with zero attached hydrogens (tertiary/aromatic N) is 1. The molecule has 3 nitrogen and oxygen atoms in total. The van der Waals surface area contributed by atoms with Crippen LogP contribution in [0, 0.1) is 0 Å². The maximum absolute atomic E-state index is 5.96. The van der Waals surface area contributed by atoms with Gasteiger partial charge in [-0.2, -0.15) is 0 Å². The van der Waals surface area contributed by atoms with Crippen LogP contribution in [0.4, 0.5) is 0 Å². The molecule has 2 N–H and O–H groups in total. The molecule has 0 saturated carbocycles. The van der Waals surface area contributed by atoms with Crippen LogP contribution in [0.15, 0.2) is 22.8 Å². The van der Waals surface area contributed by atoms with Gasteiger partial charge in [0, 0.05) is 25.0 Å². The van der Waals surface area contributed by atoms with Crippen molar-refractivity contribution in [2.75, 3.05) is 20.1 Å². The first-order valence-electron chi connectivity index (χ1n) is 4.25. The van der Waals surface area contributed by atoms with Crippen molar-refractivity contribution in [3.63, 3.8) is 0 Å². The van der Waals surface area contributed by atoms with E-state index in [9.17, 15) is 0 Å². The topological polar surface area (TPSA) is 42.4 Å². The lowest BCUT2D eigenvalue weighted by molar-refractivity contribution is 0.396. The predicted octanol–water partition coefficient (Wildman–Crippen LogP) is 0.636. The number of hydrogen-bond donors (Lipinski definition) is 1. The monoisotopic (exact) mass is 166 g/mol. The third-order valence-electron chi connectivity index (χ3n) is 2.46. The first-order chi connectivity index (χ1) is 5.77. The molecular formula is C9H14N2O. The van der Waals surface area contributed by atoms with Crippen molar-refractivity contribution >= 4 is 0 Å². The Morgan fingerprint density at radius 2 is 2.42 bits per heavy atom. The summed E-state index contributed by atoms with van der Waals surface area (Å²) in [6, 6.07) is 4.14. The SMILES string of the molecule is CN1C[C@H](N)[C@H](c2ccco2)C1. The molecule has 0 bridgehead atoms. The lowest BCUT2D eigenvalue weighted by atomic mass is 10.0. The molecule has 0 radical (unpaired) electrons. The van der Waals surface area contributed by atoms with Crippen LogP contribution >= 0.6 is 0 Å². The molecule has 66 valence electrons. The number of likely N-dealkylation sites (N-methyl/N-ethyl adjacent to an activating group) is 1. The average molecular weight is 166 g/mol. The standard InChI is InChI=1S/C9H14N2O/c1-11-5-7(8(10)6-11)9-3-2-4-12-9/h2-4,7-8H,5-6,10H2,1H3/t7-,8+/m1/s1. The maximum Gasteiger partial charge on any atom is 0.109 e. The first kappa shape index (κ1) is 7.83. The van der Waals surface area contributed by atoms with Gasteiger partial charge in [-0.15, -0.1) is 0 Å². The van der Waals surface area contributed by atoms with Crippen LogP contribution in [-0.4, -0.2) is 31.1 Å². The molecular weight excluding hydrogens is 152 g/mol. The van der Waals surface area contributed by atoms with Crippen LogP contribution in [0.2, 0.25) is 0 Å². The fraction of sp³-hybridized carbons (Fsp3) is 0.556. The molecule has 1 aliphatic heterocycles. The second kappa shape index (κ2) is 2.92. The van der Waals surface area contributed by atoms with Crippen molar-refractivity contribution < 1.29 is 4.42 Å². The van der Waals surface area contributed by atoms with Crippen LogP contribution in [0.1, 0.15) is 11.7 Å². The minimum atomic E-state index is 0.223. The number of likely N-dealkylation sites (tertiary alicyclic amines) is 1. The number of furan rings is 1. The van der Waals surface area contributed by atoms with Gasteiger partial charge in [0.1, 0.15) is 5.76 Å². The molecule has 0 amide bonds. The third-order valence-corrected chi connectivity index (χ3v) is 2.46. The summed E-state index contributed by atoms with van der Waals surface area (Å²) in [5.41, 5.74) is 5.96. The van der Waals surface area contributed by atoms with Gasteiger partial charge in [-0.05, 0) is 19.2 Å². The van der Waals surface area contributed by atoms with Gasteiger partial charge in [-0.1, -0.05) is 0 Å². The molecule has 1 aliphatic rings. The third kappa shape index (κ3) is 1.26. The lowest BCUT2D eigenvalue weighted by Crippen LogP contribution is -2.27. The van der Waals surface area contributed by atoms with Gasteiger partial charge in [0.25, 0.3) is 0 Å². The number of hydrogen-bond acceptors (Lipinski definition) is 3. The molecule has 3 heteroatoms. The molecule has 12 heavy (non-hydrogen) atoms. The summed E-state index contributed by atoms with van der Waals surface area (Å²) in [5.74, 6) is 1.40. The Labute approximate surface area is 72.1 Å². The van der Waals surface area contributed by atoms with Gasteiger partial charge in [-0.3, -0.25) is 0 Å². The summed E-state index contributed by atoms with van der Waals surface area (Å²) >= 11 is 0. The Hall–Kier alpha value is -0.800. The maximum atomic E-state index is 5.96. The van der Waals surface area contributed by atoms with E-state index in [-0.39, 0.29) is 6.04 Å². The van der Waals surface area contributed by atoms with E-state index >= 15 is 0 Å². The fourth-order valence-electron chi connectivity index (χ4n) is 1.84. The zero-order valence-electron chi connectivity index (χ0n) is 7.23. The molecule has 0 aromatic carbocycles. The van der Waals surface area contributed by atoms with Gasteiger partial charge in [-0.25, -0.2) is 0 Å². The lowest BCUT2D eigenvalue weighted by Gasteiger charge is -2.09. The Morgan fingerprint density at radius 1 is 1.58 bits per heavy atom. The van der Waals surface area contributed by atoms with E-state index in [0.29, 0.717) is 5.92 Å². The van der Waals surface area contributed by atoms with Crippen molar-refractivity contribution in [3.8, 4) is 0 Å². The summed E-state index contributed by atoms with van der Waals surface area (Å²) in [5, 5.41) is 0. The summed E-state index contributed by atoms with van der Waals surface area (Å²) in [6.07, 6.45) is 1.71. The summed E-state index contributed by atoms with van der Waals surface area (Å²) < 4.78 is 5.33. The molecule has 2 rings (SSSR count). The normalized spacial score (nSPS) is 31.2. The van der Waals surface area contributed by atoms with E-state index in [1.807, 2.05) is 12.1 Å². The molecule has 1 fully saturated rings. The molecule has 2 heterocycles. The van der Waals surface area contributed by atoms with Crippen LogP contribution in [-0.2, 0) is 0 Å². The van der Waals surface area contributed by atoms with Crippen molar-refractivity contribution in [1.29, 1.82) is 0 Å². The van der Waals surface area contributed by atoms with Gasteiger partial charge >= 0.3 is 0 Å². The van der Waals surface area contributed by atoms with Crippen LogP contribution in [0.3, 0.4) is 0 Å². The van der Waals surface area contributed by atoms with E-state index in [0.717, 1.165) is 18.8 Å². The Bertz CT molecular complexity index is 245. The zero-order chi connectivity index (χ0) is 8.55. The van der Waals surface area contributed by atoms with E-state index in [4.69, 9.17) is 10.2 Å². The highest BCUT2D eigenvalue weighted by atomic mass is 16.3. The van der Waals surface area contributed by atoms with Gasteiger partial charge < -0.3 is 15.1 Å². The van der Waals surface area contributed by atoms with Crippen LogP contribution in [0.5, 0.6) is 0 Å². The molecule has 1 aromatic rings. The van der Waals surface area contributed by atoms with E-state index in [2.05, 4.69) is 11.9 Å². The number of rotatable bonds is 1. The number of nitrogens with two attached hydrogens (primary N) is 1. The minimum Gasteiger partial charge on any atom is -0.469 e. The predicted molar refractivity (Wildman–Crippen MR) is 46.9 cm³/mol. The van der Waals surface area contributed by atoms with E-state index in [1.54, 1.807) is 6.26 Å². The molecule has 1 aromatic heterocycles. The smallest absolute Gasteiger partial charge is 0.109 e. The molecule has 0 unspecified atom stereocenters. The molecule has 2 atom stereocenters. The van der Waals surface area contributed by atoms with Gasteiger partial charge in [0.15, 0.2) is 0 Å². The second-order valence-corrected chi connectivity index (χ2v) is 3.51. The summed E-state index contributed by atoms with van der Waals surface area (Å²) in [7, 11) is 2.09. The van der Waals surface area contributed by atoms with Crippen molar-refractivity contribution in [1.82, 2.24) is 4.90 Å². The average Bonchev–Trinajstić information content (AvgIpc) is 2.58. The summed E-state index contributed by atoms with van der Waals surface area (Å²) in [4.78, 5) is 2.23. The largest absolute Gasteiger partial charge is 0.469 e. The molecule has 0 spiro atoms. The second-order valence-electron chi connectivity index (χ2n) is 3.51. The van der Waals surface area contributed by atoms with Gasteiger partial charge in [0.05, 0.1) is 6.26 Å². The highest BCUT2D eigenvalue weighted by Gasteiger charge is 2.30. The Kier molecular flexibility index (Phi) is 1.90. The summed E-state index contributed by atoms with van der Waals surface area (Å²) in [6.45, 7) is 1.97. The Balaban J connectivity index is 2.15.